The number of methoxy groups -OCH3 is 1. The Labute approximate surface area is 120 Å². The fraction of sp³-hybridized carbons (Fsp3) is 0.714. The number of nitrogens with zero attached hydrogens (tertiary/aromatic N) is 3. The van der Waals surface area contributed by atoms with Gasteiger partial charge in [0.1, 0.15) is 18.2 Å². The highest BCUT2D eigenvalue weighted by molar-refractivity contribution is 5.50. The van der Waals surface area contributed by atoms with E-state index in [-0.39, 0.29) is 12.2 Å². The molecule has 1 saturated heterocycles. The molecule has 1 fully saturated rings. The van der Waals surface area contributed by atoms with Crippen LogP contribution >= 0.6 is 0 Å². The Bertz CT molecular complexity index is 407. The van der Waals surface area contributed by atoms with Gasteiger partial charge in [0.25, 0.3) is 0 Å². The highest BCUT2D eigenvalue weighted by Crippen LogP contribution is 2.21. The lowest BCUT2D eigenvalue weighted by molar-refractivity contribution is -0.00549. The van der Waals surface area contributed by atoms with E-state index in [9.17, 15) is 0 Å². The highest BCUT2D eigenvalue weighted by Gasteiger charge is 2.24. The van der Waals surface area contributed by atoms with Crippen molar-refractivity contribution in [1.29, 1.82) is 0 Å². The first kappa shape index (κ1) is 15.0. The summed E-state index contributed by atoms with van der Waals surface area (Å²) in [6, 6.07) is 1.99. The minimum Gasteiger partial charge on any atom is -0.377 e. The lowest BCUT2D eigenvalue weighted by Crippen LogP contribution is -2.46. The van der Waals surface area contributed by atoms with Crippen LogP contribution in [-0.2, 0) is 16.1 Å². The van der Waals surface area contributed by atoms with Crippen LogP contribution in [0.15, 0.2) is 6.07 Å². The van der Waals surface area contributed by atoms with Gasteiger partial charge in [-0.25, -0.2) is 9.97 Å². The number of hydrogen-bond acceptors (Lipinski definition) is 6. The molecule has 0 spiro atoms. The SMILES string of the molecule is CCNc1cc(N2C[C@@H](C)O[C@@H](C)C2)nc(COC)n1. The predicted molar refractivity (Wildman–Crippen MR) is 79.1 cm³/mol. The molecule has 1 aliphatic heterocycles. The summed E-state index contributed by atoms with van der Waals surface area (Å²) in [6.45, 7) is 9.17. The molecule has 0 unspecified atom stereocenters. The van der Waals surface area contributed by atoms with Gasteiger partial charge in [0.15, 0.2) is 5.82 Å². The third kappa shape index (κ3) is 3.80. The first-order chi connectivity index (χ1) is 9.62. The van der Waals surface area contributed by atoms with Crippen LogP contribution in [-0.4, -0.2) is 48.9 Å². The quantitative estimate of drug-likeness (QED) is 0.885. The zero-order valence-corrected chi connectivity index (χ0v) is 12.7. The van der Waals surface area contributed by atoms with E-state index in [1.807, 2.05) is 6.07 Å². The van der Waals surface area contributed by atoms with Crippen molar-refractivity contribution in [2.45, 2.75) is 39.6 Å². The van der Waals surface area contributed by atoms with E-state index in [1.54, 1.807) is 7.11 Å². The van der Waals surface area contributed by atoms with Crippen LogP contribution in [0.2, 0.25) is 0 Å². The molecule has 1 aromatic heterocycles. The Balaban J connectivity index is 2.24. The van der Waals surface area contributed by atoms with E-state index >= 15 is 0 Å². The number of hydrogen-bond donors (Lipinski definition) is 1. The summed E-state index contributed by atoms with van der Waals surface area (Å²) in [5.74, 6) is 2.48. The van der Waals surface area contributed by atoms with E-state index in [4.69, 9.17) is 9.47 Å². The highest BCUT2D eigenvalue weighted by atomic mass is 16.5. The predicted octanol–water partition coefficient (Wildman–Crippen LogP) is 1.67. The van der Waals surface area contributed by atoms with Crippen LogP contribution in [0.5, 0.6) is 0 Å². The van der Waals surface area contributed by atoms with Gasteiger partial charge in [-0.05, 0) is 20.8 Å². The van der Waals surface area contributed by atoms with Gasteiger partial charge < -0.3 is 19.7 Å². The van der Waals surface area contributed by atoms with Crippen molar-refractivity contribution in [3.05, 3.63) is 11.9 Å². The maximum absolute atomic E-state index is 5.77. The van der Waals surface area contributed by atoms with E-state index in [0.29, 0.717) is 12.4 Å². The smallest absolute Gasteiger partial charge is 0.158 e. The molecule has 20 heavy (non-hydrogen) atoms. The summed E-state index contributed by atoms with van der Waals surface area (Å²) in [6.07, 6.45) is 0.421. The molecule has 6 heteroatoms. The Morgan fingerprint density at radius 3 is 2.65 bits per heavy atom. The standard InChI is InChI=1S/C14H24N4O2/c1-5-15-12-6-14(17-13(16-12)9-19-4)18-7-10(2)20-11(3)8-18/h6,10-11H,5,7-9H2,1-4H3,(H,15,16,17)/t10-,11+. The zero-order chi connectivity index (χ0) is 14.5. The summed E-state index contributed by atoms with van der Waals surface area (Å²) in [5.41, 5.74) is 0. The molecular weight excluding hydrogens is 256 g/mol. The second-order valence-electron chi connectivity index (χ2n) is 5.15. The van der Waals surface area contributed by atoms with Crippen LogP contribution in [0.3, 0.4) is 0 Å². The minimum atomic E-state index is 0.210. The van der Waals surface area contributed by atoms with Crippen molar-refractivity contribution in [3.8, 4) is 0 Å². The topological polar surface area (TPSA) is 59.5 Å². The molecule has 2 heterocycles. The van der Waals surface area contributed by atoms with Crippen molar-refractivity contribution in [2.24, 2.45) is 0 Å². The van der Waals surface area contributed by atoms with Crippen LogP contribution in [0.25, 0.3) is 0 Å². The van der Waals surface area contributed by atoms with Gasteiger partial charge in [-0.1, -0.05) is 0 Å². The normalized spacial score (nSPS) is 22.9. The van der Waals surface area contributed by atoms with E-state index in [1.165, 1.54) is 0 Å². The third-order valence-electron chi connectivity index (χ3n) is 3.13. The Hall–Kier alpha value is -1.40. The molecule has 0 aromatic carbocycles. The van der Waals surface area contributed by atoms with Crippen molar-refractivity contribution in [3.63, 3.8) is 0 Å². The first-order valence-electron chi connectivity index (χ1n) is 7.13. The van der Waals surface area contributed by atoms with Crippen molar-refractivity contribution < 1.29 is 9.47 Å². The van der Waals surface area contributed by atoms with Gasteiger partial charge in [0.05, 0.1) is 12.2 Å². The zero-order valence-electron chi connectivity index (χ0n) is 12.7. The lowest BCUT2D eigenvalue weighted by Gasteiger charge is -2.36. The molecule has 0 aliphatic carbocycles. The Morgan fingerprint density at radius 2 is 2.05 bits per heavy atom. The molecule has 0 radical (unpaired) electrons. The molecule has 112 valence electrons. The number of morpholine rings is 1. The van der Waals surface area contributed by atoms with Crippen LogP contribution < -0.4 is 10.2 Å². The lowest BCUT2D eigenvalue weighted by atomic mass is 10.2. The van der Waals surface area contributed by atoms with Crippen LogP contribution in [0.4, 0.5) is 11.6 Å². The molecular formula is C14H24N4O2. The van der Waals surface area contributed by atoms with Gasteiger partial charge in [0.2, 0.25) is 0 Å². The number of anilines is 2. The van der Waals surface area contributed by atoms with Gasteiger partial charge in [-0.2, -0.15) is 0 Å². The Kier molecular flexibility index (Phi) is 5.14. The van der Waals surface area contributed by atoms with Crippen molar-refractivity contribution >= 4 is 11.6 Å². The average molecular weight is 280 g/mol. The summed E-state index contributed by atoms with van der Waals surface area (Å²) >= 11 is 0. The van der Waals surface area contributed by atoms with Crippen molar-refractivity contribution in [1.82, 2.24) is 9.97 Å². The van der Waals surface area contributed by atoms with Crippen LogP contribution in [0.1, 0.15) is 26.6 Å². The second-order valence-corrected chi connectivity index (χ2v) is 5.15. The fourth-order valence-corrected chi connectivity index (χ4v) is 2.48. The minimum absolute atomic E-state index is 0.210. The number of aromatic nitrogens is 2. The fourth-order valence-electron chi connectivity index (χ4n) is 2.48. The van der Waals surface area contributed by atoms with E-state index in [2.05, 4.69) is 41.0 Å². The molecule has 2 rings (SSSR count). The monoisotopic (exact) mass is 280 g/mol. The molecule has 0 saturated carbocycles. The third-order valence-corrected chi connectivity index (χ3v) is 3.13. The van der Waals surface area contributed by atoms with Gasteiger partial charge in [-0.15, -0.1) is 0 Å². The van der Waals surface area contributed by atoms with Crippen LogP contribution in [0, 0.1) is 0 Å². The molecule has 0 amide bonds. The van der Waals surface area contributed by atoms with Gasteiger partial charge in [-0.3, -0.25) is 0 Å². The summed E-state index contributed by atoms with van der Waals surface area (Å²) in [7, 11) is 1.65. The van der Waals surface area contributed by atoms with Gasteiger partial charge >= 0.3 is 0 Å². The molecule has 1 N–H and O–H groups in total. The number of rotatable bonds is 5. The maximum Gasteiger partial charge on any atom is 0.158 e. The summed E-state index contributed by atoms with van der Waals surface area (Å²) in [4.78, 5) is 11.3. The second kappa shape index (κ2) is 6.85. The van der Waals surface area contributed by atoms with Crippen molar-refractivity contribution in [2.75, 3.05) is 37.0 Å². The maximum atomic E-state index is 5.77. The first-order valence-corrected chi connectivity index (χ1v) is 7.13. The molecule has 0 bridgehead atoms. The molecule has 2 atom stereocenters. The van der Waals surface area contributed by atoms with E-state index < -0.39 is 0 Å². The average Bonchev–Trinajstić information content (AvgIpc) is 2.38. The largest absolute Gasteiger partial charge is 0.377 e. The number of nitrogens with one attached hydrogen (secondary N) is 1. The van der Waals surface area contributed by atoms with Gasteiger partial charge in [0, 0.05) is 32.8 Å². The molecule has 6 nitrogen and oxygen atoms in total. The Morgan fingerprint density at radius 1 is 1.35 bits per heavy atom. The number of ether oxygens (including phenoxy) is 2. The van der Waals surface area contributed by atoms with E-state index in [0.717, 1.165) is 31.3 Å². The summed E-state index contributed by atoms with van der Waals surface area (Å²) < 4.78 is 10.9. The molecule has 1 aromatic rings. The molecule has 1 aliphatic rings. The summed E-state index contributed by atoms with van der Waals surface area (Å²) in [5, 5.41) is 3.24.